The van der Waals surface area contributed by atoms with E-state index in [-0.39, 0.29) is 0 Å². The predicted octanol–water partition coefficient (Wildman–Crippen LogP) is 5.52. The molecule has 1 aliphatic rings. The molecule has 1 aliphatic carbocycles. The molecule has 0 saturated heterocycles. The average Bonchev–Trinajstić information content (AvgIpc) is 2.71. The van der Waals surface area contributed by atoms with Crippen molar-refractivity contribution in [3.05, 3.63) is 120 Å². The van der Waals surface area contributed by atoms with Crippen LogP contribution < -0.4 is 10.6 Å². The average molecular weight is 338 g/mol. The molecular formula is C24H22N2. The van der Waals surface area contributed by atoms with Crippen LogP contribution >= 0.6 is 0 Å². The molecular weight excluding hydrogens is 316 g/mol. The second-order valence-corrected chi connectivity index (χ2v) is 6.61. The summed E-state index contributed by atoms with van der Waals surface area (Å²) in [6.07, 6.45) is 7.07. The molecule has 0 heterocycles. The summed E-state index contributed by atoms with van der Waals surface area (Å²) in [4.78, 5) is 2.29. The largest absolute Gasteiger partial charge is 0.318 e. The van der Waals surface area contributed by atoms with Crippen molar-refractivity contribution in [3.63, 3.8) is 0 Å². The highest BCUT2D eigenvalue weighted by Crippen LogP contribution is 2.38. The van der Waals surface area contributed by atoms with Crippen molar-refractivity contribution in [3.8, 4) is 0 Å². The number of nitrogens with two attached hydrogens (primary N) is 1. The summed E-state index contributed by atoms with van der Waals surface area (Å²) >= 11 is 0. The molecule has 128 valence electrons. The van der Waals surface area contributed by atoms with E-state index in [0.717, 1.165) is 23.4 Å². The lowest BCUT2D eigenvalue weighted by Gasteiger charge is -2.36. The number of hydrogen-bond acceptors (Lipinski definition) is 2. The van der Waals surface area contributed by atoms with Crippen LogP contribution in [0.5, 0.6) is 0 Å². The van der Waals surface area contributed by atoms with Gasteiger partial charge in [0, 0.05) is 23.5 Å². The molecule has 1 unspecified atom stereocenters. The molecule has 0 saturated carbocycles. The summed E-state index contributed by atoms with van der Waals surface area (Å²) in [5.41, 5.74) is 10.9. The lowest BCUT2D eigenvalue weighted by atomic mass is 9.83. The predicted molar refractivity (Wildman–Crippen MR) is 109 cm³/mol. The fourth-order valence-corrected chi connectivity index (χ4v) is 3.48. The van der Waals surface area contributed by atoms with Crippen molar-refractivity contribution in [2.24, 2.45) is 5.73 Å². The van der Waals surface area contributed by atoms with Gasteiger partial charge in [-0.25, -0.2) is 0 Å². The number of rotatable bonds is 4. The highest BCUT2D eigenvalue weighted by atomic mass is 15.2. The highest BCUT2D eigenvalue weighted by molar-refractivity contribution is 5.69. The van der Waals surface area contributed by atoms with Crippen LogP contribution in [-0.4, -0.2) is 0 Å². The molecule has 0 spiro atoms. The third-order valence-electron chi connectivity index (χ3n) is 4.78. The maximum Gasteiger partial charge on any atom is 0.0653 e. The van der Waals surface area contributed by atoms with Gasteiger partial charge in [-0.3, -0.25) is 0 Å². The third-order valence-corrected chi connectivity index (χ3v) is 4.78. The van der Waals surface area contributed by atoms with Crippen molar-refractivity contribution in [1.29, 1.82) is 0 Å². The maximum absolute atomic E-state index is 6.81. The van der Waals surface area contributed by atoms with Crippen LogP contribution in [0.1, 0.15) is 12.0 Å². The molecule has 0 fully saturated rings. The Hall–Kier alpha value is -3.10. The van der Waals surface area contributed by atoms with Gasteiger partial charge in [-0.2, -0.15) is 0 Å². The molecule has 2 heteroatoms. The summed E-state index contributed by atoms with van der Waals surface area (Å²) in [6.45, 7) is 0. The van der Waals surface area contributed by atoms with E-state index >= 15 is 0 Å². The summed E-state index contributed by atoms with van der Waals surface area (Å²) in [7, 11) is 0. The van der Waals surface area contributed by atoms with E-state index in [2.05, 4.69) is 83.8 Å². The van der Waals surface area contributed by atoms with Crippen molar-refractivity contribution in [2.45, 2.75) is 12.0 Å². The van der Waals surface area contributed by atoms with Gasteiger partial charge in [-0.1, -0.05) is 78.9 Å². The van der Waals surface area contributed by atoms with Crippen LogP contribution in [0.3, 0.4) is 0 Å². The molecule has 3 aromatic rings. The number of anilines is 2. The van der Waals surface area contributed by atoms with E-state index in [9.17, 15) is 0 Å². The van der Waals surface area contributed by atoms with Gasteiger partial charge in [0.25, 0.3) is 0 Å². The lowest BCUT2D eigenvalue weighted by molar-refractivity contribution is 0.544. The molecule has 0 aliphatic heterocycles. The van der Waals surface area contributed by atoms with Crippen LogP contribution in [0.4, 0.5) is 11.4 Å². The first-order valence-corrected chi connectivity index (χ1v) is 8.89. The molecule has 2 N–H and O–H groups in total. The van der Waals surface area contributed by atoms with Crippen LogP contribution in [-0.2, 0) is 5.54 Å². The van der Waals surface area contributed by atoms with E-state index in [1.165, 1.54) is 5.70 Å². The third kappa shape index (κ3) is 3.19. The molecule has 0 bridgehead atoms. The second kappa shape index (κ2) is 7.03. The molecule has 2 nitrogen and oxygen atoms in total. The van der Waals surface area contributed by atoms with Crippen molar-refractivity contribution in [2.75, 3.05) is 4.90 Å². The normalized spacial score (nSPS) is 19.0. The van der Waals surface area contributed by atoms with Crippen molar-refractivity contribution >= 4 is 11.4 Å². The van der Waals surface area contributed by atoms with Gasteiger partial charge >= 0.3 is 0 Å². The zero-order valence-electron chi connectivity index (χ0n) is 14.6. The van der Waals surface area contributed by atoms with E-state index in [1.807, 2.05) is 30.3 Å². The summed E-state index contributed by atoms with van der Waals surface area (Å²) in [5, 5.41) is 0. The first kappa shape index (κ1) is 16.4. The van der Waals surface area contributed by atoms with Crippen LogP contribution in [0.2, 0.25) is 0 Å². The second-order valence-electron chi connectivity index (χ2n) is 6.61. The van der Waals surface area contributed by atoms with Crippen LogP contribution in [0.15, 0.2) is 115 Å². The minimum atomic E-state index is -0.507. The van der Waals surface area contributed by atoms with Crippen molar-refractivity contribution in [1.82, 2.24) is 0 Å². The topological polar surface area (TPSA) is 29.3 Å². The van der Waals surface area contributed by atoms with Gasteiger partial charge in [-0.05, 0) is 35.9 Å². The molecule has 4 rings (SSSR count). The Labute approximate surface area is 154 Å². The van der Waals surface area contributed by atoms with Gasteiger partial charge in [0.15, 0.2) is 0 Å². The Balaban J connectivity index is 1.75. The number of allylic oxidation sites excluding steroid dienone is 2. The maximum atomic E-state index is 6.81. The molecule has 26 heavy (non-hydrogen) atoms. The Morgan fingerprint density at radius 3 is 1.73 bits per heavy atom. The molecule has 1 atom stereocenters. The minimum absolute atomic E-state index is 0.507. The smallest absolute Gasteiger partial charge is 0.0653 e. The van der Waals surface area contributed by atoms with Gasteiger partial charge in [0.1, 0.15) is 0 Å². The highest BCUT2D eigenvalue weighted by Gasteiger charge is 2.30. The standard InChI is InChI=1S/C24H22N2/c25-24(20-11-4-1-5-12-20)18-10-17-23(19-24)26(21-13-6-2-7-14-21)22-15-8-3-9-16-22/h1-18H,19,25H2. The molecule has 0 amide bonds. The molecule has 3 aromatic carbocycles. The van der Waals surface area contributed by atoms with Gasteiger partial charge in [0.05, 0.1) is 5.54 Å². The van der Waals surface area contributed by atoms with E-state index in [4.69, 9.17) is 5.73 Å². The number of hydrogen-bond donors (Lipinski definition) is 1. The van der Waals surface area contributed by atoms with Gasteiger partial charge in [0.2, 0.25) is 0 Å². The van der Waals surface area contributed by atoms with Crippen LogP contribution in [0.25, 0.3) is 0 Å². The van der Waals surface area contributed by atoms with Gasteiger partial charge < -0.3 is 10.6 Å². The van der Waals surface area contributed by atoms with E-state index in [0.29, 0.717) is 0 Å². The SMILES string of the molecule is NC1(c2ccccc2)C=CC=C(N(c2ccccc2)c2ccccc2)C1. The number of benzene rings is 3. The van der Waals surface area contributed by atoms with E-state index in [1.54, 1.807) is 0 Å². The first-order chi connectivity index (χ1) is 12.8. The lowest BCUT2D eigenvalue weighted by Crippen LogP contribution is -2.38. The summed E-state index contributed by atoms with van der Waals surface area (Å²) < 4.78 is 0. The summed E-state index contributed by atoms with van der Waals surface area (Å²) in [5.74, 6) is 0. The fourth-order valence-electron chi connectivity index (χ4n) is 3.48. The zero-order valence-corrected chi connectivity index (χ0v) is 14.6. The van der Waals surface area contributed by atoms with Crippen molar-refractivity contribution < 1.29 is 0 Å². The Morgan fingerprint density at radius 1 is 0.692 bits per heavy atom. The van der Waals surface area contributed by atoms with E-state index < -0.39 is 5.54 Å². The quantitative estimate of drug-likeness (QED) is 0.678. The van der Waals surface area contributed by atoms with Gasteiger partial charge in [-0.15, -0.1) is 0 Å². The molecule has 0 radical (unpaired) electrons. The number of para-hydroxylation sites is 2. The zero-order chi connectivity index (χ0) is 17.8. The minimum Gasteiger partial charge on any atom is -0.318 e. The fraction of sp³-hybridized carbons (Fsp3) is 0.0833. The molecule has 0 aromatic heterocycles. The Morgan fingerprint density at radius 2 is 1.19 bits per heavy atom. The monoisotopic (exact) mass is 338 g/mol. The Kier molecular flexibility index (Phi) is 4.42. The van der Waals surface area contributed by atoms with Crippen LogP contribution in [0, 0.1) is 0 Å². The number of nitrogens with zero attached hydrogens (tertiary/aromatic N) is 1. The Bertz CT molecular complexity index is 875. The first-order valence-electron chi connectivity index (χ1n) is 8.89. The summed E-state index contributed by atoms with van der Waals surface area (Å²) in [6, 6.07) is 31.2.